The van der Waals surface area contributed by atoms with E-state index in [2.05, 4.69) is 15.5 Å². The van der Waals surface area contributed by atoms with Crippen LogP contribution in [0.4, 0.5) is 5.69 Å². The first kappa shape index (κ1) is 14.3. The van der Waals surface area contributed by atoms with E-state index in [4.69, 9.17) is 4.42 Å². The highest BCUT2D eigenvalue weighted by atomic mass is 32.2. The minimum atomic E-state index is -0.157. The summed E-state index contributed by atoms with van der Waals surface area (Å²) in [4.78, 5) is 16.0. The molecule has 0 spiro atoms. The Balaban J connectivity index is 1.80. The number of benzene rings is 2. The summed E-state index contributed by atoms with van der Waals surface area (Å²) in [6.07, 6.45) is 0. The van der Waals surface area contributed by atoms with Gasteiger partial charge in [-0.3, -0.25) is 10.2 Å². The summed E-state index contributed by atoms with van der Waals surface area (Å²) in [7, 11) is 0. The van der Waals surface area contributed by atoms with Crippen molar-refractivity contribution < 1.29 is 9.21 Å². The lowest BCUT2D eigenvalue weighted by Crippen LogP contribution is -2.08. The fourth-order valence-electron chi connectivity index (χ4n) is 1.78. The van der Waals surface area contributed by atoms with Crippen LogP contribution in [0.3, 0.4) is 0 Å². The number of ketones is 1. The second-order valence-corrected chi connectivity index (χ2v) is 5.44. The van der Waals surface area contributed by atoms with Crippen molar-refractivity contribution in [2.75, 3.05) is 5.43 Å². The van der Waals surface area contributed by atoms with Gasteiger partial charge in [-0.1, -0.05) is 30.3 Å². The van der Waals surface area contributed by atoms with Crippen molar-refractivity contribution in [2.45, 2.75) is 12.1 Å². The van der Waals surface area contributed by atoms with Crippen molar-refractivity contribution >= 4 is 39.4 Å². The first-order valence-electron chi connectivity index (χ1n) is 6.65. The zero-order chi connectivity index (χ0) is 15.4. The molecular weight excluding hydrogens is 298 g/mol. The van der Waals surface area contributed by atoms with E-state index in [1.807, 2.05) is 54.6 Å². The summed E-state index contributed by atoms with van der Waals surface area (Å²) < 4.78 is 5.59. The molecule has 1 N–H and O–H groups in total. The van der Waals surface area contributed by atoms with Gasteiger partial charge < -0.3 is 4.42 Å². The van der Waals surface area contributed by atoms with Gasteiger partial charge >= 0.3 is 0 Å². The lowest BCUT2D eigenvalue weighted by Gasteiger charge is -2.02. The molecule has 1 heterocycles. The highest BCUT2D eigenvalue weighted by Gasteiger charge is 2.14. The number of hydrogen-bond acceptors (Lipinski definition) is 6. The smallest absolute Gasteiger partial charge is 0.263 e. The highest BCUT2D eigenvalue weighted by molar-refractivity contribution is 8.15. The van der Waals surface area contributed by atoms with E-state index in [0.717, 1.165) is 23.0 Å². The molecule has 0 aliphatic heterocycles. The third-order valence-electron chi connectivity index (χ3n) is 2.82. The van der Waals surface area contributed by atoms with Crippen LogP contribution in [0, 0.1) is 0 Å². The number of nitrogens with zero attached hydrogens (tertiary/aromatic N) is 2. The highest BCUT2D eigenvalue weighted by Crippen LogP contribution is 2.24. The Kier molecular flexibility index (Phi) is 4.20. The number of para-hydroxylation sites is 3. The fourth-order valence-corrected chi connectivity index (χ4v) is 2.45. The van der Waals surface area contributed by atoms with E-state index >= 15 is 0 Å². The van der Waals surface area contributed by atoms with Crippen LogP contribution in [0.25, 0.3) is 11.1 Å². The van der Waals surface area contributed by atoms with Crippen LogP contribution in [0.5, 0.6) is 0 Å². The van der Waals surface area contributed by atoms with E-state index in [9.17, 15) is 4.79 Å². The van der Waals surface area contributed by atoms with Gasteiger partial charge in [0.1, 0.15) is 5.52 Å². The van der Waals surface area contributed by atoms with E-state index in [1.165, 1.54) is 6.92 Å². The molecule has 0 unspecified atom stereocenters. The molecule has 3 aromatic rings. The molecule has 3 rings (SSSR count). The van der Waals surface area contributed by atoms with Crippen LogP contribution in [-0.4, -0.2) is 15.8 Å². The zero-order valence-corrected chi connectivity index (χ0v) is 12.6. The number of hydrazone groups is 1. The molecule has 0 aliphatic rings. The van der Waals surface area contributed by atoms with Crippen molar-refractivity contribution in [3.63, 3.8) is 0 Å². The molecule has 0 atom stereocenters. The maximum atomic E-state index is 11.7. The van der Waals surface area contributed by atoms with Gasteiger partial charge in [0.15, 0.2) is 16.4 Å². The topological polar surface area (TPSA) is 67.5 Å². The lowest BCUT2D eigenvalue weighted by molar-refractivity contribution is -0.110. The van der Waals surface area contributed by atoms with Gasteiger partial charge in [0.05, 0.1) is 5.69 Å². The van der Waals surface area contributed by atoms with Crippen molar-refractivity contribution in [3.05, 3.63) is 54.6 Å². The Hall–Kier alpha value is -2.60. The molecule has 0 radical (unpaired) electrons. The summed E-state index contributed by atoms with van der Waals surface area (Å²) in [6, 6.07) is 16.9. The van der Waals surface area contributed by atoms with E-state index in [1.54, 1.807) is 0 Å². The molecule has 0 saturated carbocycles. The number of carbonyl (C=O) groups is 1. The molecule has 110 valence electrons. The third-order valence-corrected chi connectivity index (χ3v) is 3.74. The number of Topliss-reactive ketones (excluding diaryl/α,β-unsaturated/α-hetero) is 1. The Morgan fingerprint density at radius 2 is 1.86 bits per heavy atom. The van der Waals surface area contributed by atoms with Gasteiger partial charge in [-0.25, -0.2) is 4.98 Å². The Labute approximate surface area is 131 Å². The number of fused-ring (bicyclic) bond motifs is 1. The summed E-state index contributed by atoms with van der Waals surface area (Å²) >= 11 is 1.10. The number of rotatable bonds is 4. The van der Waals surface area contributed by atoms with Crippen molar-refractivity contribution in [3.8, 4) is 0 Å². The summed E-state index contributed by atoms with van der Waals surface area (Å²) in [5.41, 5.74) is 5.10. The standard InChI is InChI=1S/C16H13N3O2S/c1-11(20)15(19-18-12-7-3-2-4-8-12)22-16-17-13-9-5-6-10-14(13)21-16/h2-10,18H,1H3/b19-15-. The largest absolute Gasteiger partial charge is 0.431 e. The number of thioether (sulfide) groups is 1. The van der Waals surface area contributed by atoms with Crippen molar-refractivity contribution in [1.29, 1.82) is 0 Å². The van der Waals surface area contributed by atoms with Gasteiger partial charge in [0.25, 0.3) is 5.22 Å². The van der Waals surface area contributed by atoms with E-state index in [0.29, 0.717) is 10.8 Å². The maximum Gasteiger partial charge on any atom is 0.263 e. The average molecular weight is 311 g/mol. The number of nitrogens with one attached hydrogen (secondary N) is 1. The summed E-state index contributed by atoms with van der Waals surface area (Å²) in [5, 5.41) is 4.82. The first-order valence-corrected chi connectivity index (χ1v) is 7.47. The van der Waals surface area contributed by atoms with Crippen LogP contribution in [-0.2, 0) is 4.79 Å². The molecule has 6 heteroatoms. The Morgan fingerprint density at radius 1 is 1.14 bits per heavy atom. The average Bonchev–Trinajstić information content (AvgIpc) is 2.94. The van der Waals surface area contributed by atoms with Crippen LogP contribution in [0.15, 0.2) is 69.3 Å². The zero-order valence-electron chi connectivity index (χ0n) is 11.8. The van der Waals surface area contributed by atoms with Crippen LogP contribution in [0.1, 0.15) is 6.92 Å². The van der Waals surface area contributed by atoms with Crippen molar-refractivity contribution in [1.82, 2.24) is 4.98 Å². The Morgan fingerprint density at radius 3 is 2.59 bits per heavy atom. The number of hydrogen-bond donors (Lipinski definition) is 1. The van der Waals surface area contributed by atoms with Gasteiger partial charge in [-0.2, -0.15) is 5.10 Å². The maximum absolute atomic E-state index is 11.7. The molecule has 0 bridgehead atoms. The van der Waals surface area contributed by atoms with Crippen molar-refractivity contribution in [2.24, 2.45) is 5.10 Å². The van der Waals surface area contributed by atoms with E-state index < -0.39 is 0 Å². The summed E-state index contributed by atoms with van der Waals surface area (Å²) in [5.74, 6) is -0.157. The molecule has 0 fully saturated rings. The molecule has 2 aromatic carbocycles. The van der Waals surface area contributed by atoms with Crippen LogP contribution >= 0.6 is 11.8 Å². The SMILES string of the molecule is CC(=O)/C(=N/Nc1ccccc1)Sc1nc2ccccc2o1. The molecule has 5 nitrogen and oxygen atoms in total. The molecule has 0 aliphatic carbocycles. The number of anilines is 1. The van der Waals surface area contributed by atoms with Gasteiger partial charge in [0.2, 0.25) is 0 Å². The van der Waals surface area contributed by atoms with E-state index in [-0.39, 0.29) is 10.8 Å². The van der Waals surface area contributed by atoms with Crippen LogP contribution in [0.2, 0.25) is 0 Å². The molecular formula is C16H13N3O2S. The quantitative estimate of drug-likeness (QED) is 0.342. The molecule has 22 heavy (non-hydrogen) atoms. The Bertz CT molecular complexity index is 795. The number of carbonyl (C=O) groups excluding carboxylic acids is 1. The van der Waals surface area contributed by atoms with Gasteiger partial charge in [-0.15, -0.1) is 0 Å². The normalized spacial score (nSPS) is 11.6. The number of oxazole rings is 1. The molecule has 0 amide bonds. The predicted octanol–water partition coefficient (Wildman–Crippen LogP) is 3.93. The third kappa shape index (κ3) is 3.35. The second-order valence-electron chi connectivity index (χ2n) is 4.50. The fraction of sp³-hybridized carbons (Fsp3) is 0.0625. The summed E-state index contributed by atoms with van der Waals surface area (Å²) in [6.45, 7) is 1.46. The minimum Gasteiger partial charge on any atom is -0.431 e. The minimum absolute atomic E-state index is 0.157. The number of aromatic nitrogens is 1. The van der Waals surface area contributed by atoms with Crippen LogP contribution < -0.4 is 5.43 Å². The van der Waals surface area contributed by atoms with Gasteiger partial charge in [0, 0.05) is 6.92 Å². The molecule has 1 aromatic heterocycles. The predicted molar refractivity (Wildman–Crippen MR) is 88.0 cm³/mol. The molecule has 0 saturated heterocycles. The second kappa shape index (κ2) is 6.44. The van der Waals surface area contributed by atoms with Gasteiger partial charge in [-0.05, 0) is 36.0 Å². The first-order chi connectivity index (χ1) is 10.7. The monoisotopic (exact) mass is 311 g/mol. The lowest BCUT2D eigenvalue weighted by atomic mass is 10.3.